The Hall–Kier alpha value is -3.09. The molecule has 0 N–H and O–H groups in total. The maximum absolute atomic E-state index is 12.4. The van der Waals surface area contributed by atoms with Crippen molar-refractivity contribution in [2.75, 3.05) is 4.90 Å². The van der Waals surface area contributed by atoms with E-state index >= 15 is 0 Å². The lowest BCUT2D eigenvalue weighted by Crippen LogP contribution is -2.23. The van der Waals surface area contributed by atoms with Crippen molar-refractivity contribution in [3.05, 3.63) is 86.9 Å². The SMILES string of the molecule is CC(=O)N(c1cccc(Oc2ccccc2)c1)c1cc(Cl)c(Cl)cc1[N+](=O)[O-]. The van der Waals surface area contributed by atoms with Gasteiger partial charge in [0.25, 0.3) is 5.69 Å². The quantitative estimate of drug-likeness (QED) is 0.357. The molecule has 142 valence electrons. The number of rotatable bonds is 5. The van der Waals surface area contributed by atoms with Gasteiger partial charge in [0, 0.05) is 19.1 Å². The lowest BCUT2D eigenvalue weighted by molar-refractivity contribution is -0.384. The first-order valence-corrected chi connectivity index (χ1v) is 8.89. The Morgan fingerprint density at radius 1 is 0.964 bits per heavy atom. The van der Waals surface area contributed by atoms with E-state index < -0.39 is 10.8 Å². The third-order valence-corrected chi connectivity index (χ3v) is 4.55. The number of nitro groups is 1. The van der Waals surface area contributed by atoms with Crippen LogP contribution in [0.2, 0.25) is 10.0 Å². The number of nitrogens with zero attached hydrogens (tertiary/aromatic N) is 2. The van der Waals surface area contributed by atoms with E-state index in [2.05, 4.69) is 0 Å². The summed E-state index contributed by atoms with van der Waals surface area (Å²) in [6.45, 7) is 1.30. The van der Waals surface area contributed by atoms with Crippen molar-refractivity contribution >= 4 is 46.2 Å². The van der Waals surface area contributed by atoms with Gasteiger partial charge < -0.3 is 4.74 Å². The molecule has 1 amide bonds. The average Bonchev–Trinajstić information content (AvgIpc) is 2.65. The maximum atomic E-state index is 12.4. The van der Waals surface area contributed by atoms with E-state index in [1.165, 1.54) is 17.9 Å². The van der Waals surface area contributed by atoms with Crippen molar-refractivity contribution < 1.29 is 14.5 Å². The van der Waals surface area contributed by atoms with Crippen molar-refractivity contribution in [2.24, 2.45) is 0 Å². The standard InChI is InChI=1S/C20H14Cl2N2O4/c1-13(25)23(19-11-17(21)18(22)12-20(19)24(26)27)14-6-5-9-16(10-14)28-15-7-3-2-4-8-15/h2-12H,1H3. The van der Waals surface area contributed by atoms with Crippen LogP contribution in [0.25, 0.3) is 0 Å². The van der Waals surface area contributed by atoms with Gasteiger partial charge in [-0.2, -0.15) is 0 Å². The van der Waals surface area contributed by atoms with Crippen LogP contribution >= 0.6 is 23.2 Å². The summed E-state index contributed by atoms with van der Waals surface area (Å²) in [7, 11) is 0. The second-order valence-corrected chi connectivity index (χ2v) is 6.59. The highest BCUT2D eigenvalue weighted by Gasteiger charge is 2.26. The third-order valence-electron chi connectivity index (χ3n) is 3.82. The zero-order valence-electron chi connectivity index (χ0n) is 14.6. The van der Waals surface area contributed by atoms with E-state index in [9.17, 15) is 14.9 Å². The van der Waals surface area contributed by atoms with Gasteiger partial charge >= 0.3 is 0 Å². The molecule has 0 unspecified atom stereocenters. The molecule has 3 aromatic rings. The summed E-state index contributed by atoms with van der Waals surface area (Å²) in [6, 6.07) is 18.2. The minimum atomic E-state index is -0.613. The Labute approximate surface area is 171 Å². The van der Waals surface area contributed by atoms with Gasteiger partial charge in [0.05, 0.1) is 20.7 Å². The Bertz CT molecular complexity index is 1040. The van der Waals surface area contributed by atoms with Gasteiger partial charge in [-0.15, -0.1) is 0 Å². The summed E-state index contributed by atoms with van der Waals surface area (Å²) in [5.74, 6) is 0.658. The predicted molar refractivity (Wildman–Crippen MR) is 109 cm³/mol. The highest BCUT2D eigenvalue weighted by atomic mass is 35.5. The molecule has 0 bridgehead atoms. The summed E-state index contributed by atoms with van der Waals surface area (Å²) >= 11 is 12.0. The van der Waals surface area contributed by atoms with E-state index in [1.807, 2.05) is 18.2 Å². The monoisotopic (exact) mass is 416 g/mol. The molecule has 6 nitrogen and oxygen atoms in total. The van der Waals surface area contributed by atoms with Crippen LogP contribution in [0.15, 0.2) is 66.7 Å². The number of carbonyl (C=O) groups excluding carboxylic acids is 1. The van der Waals surface area contributed by atoms with Crippen molar-refractivity contribution in [1.29, 1.82) is 0 Å². The van der Waals surface area contributed by atoms with Crippen molar-refractivity contribution in [3.8, 4) is 11.5 Å². The number of amides is 1. The normalized spacial score (nSPS) is 10.4. The molecule has 0 atom stereocenters. The fraction of sp³-hybridized carbons (Fsp3) is 0.0500. The molecule has 0 aliphatic heterocycles. The van der Waals surface area contributed by atoms with Gasteiger partial charge in [0.15, 0.2) is 0 Å². The van der Waals surface area contributed by atoms with Gasteiger partial charge in [-0.25, -0.2) is 0 Å². The smallest absolute Gasteiger partial charge is 0.294 e. The summed E-state index contributed by atoms with van der Waals surface area (Å²) in [6.07, 6.45) is 0. The lowest BCUT2D eigenvalue weighted by Gasteiger charge is -2.22. The number of halogens is 2. The number of hydrogen-bond acceptors (Lipinski definition) is 4. The minimum absolute atomic E-state index is 0.0174. The second-order valence-electron chi connectivity index (χ2n) is 5.78. The largest absolute Gasteiger partial charge is 0.457 e. The van der Waals surface area contributed by atoms with Gasteiger partial charge in [-0.3, -0.25) is 19.8 Å². The molecule has 0 saturated heterocycles. The van der Waals surface area contributed by atoms with Gasteiger partial charge in [-0.05, 0) is 30.3 Å². The zero-order valence-corrected chi connectivity index (χ0v) is 16.1. The fourth-order valence-corrected chi connectivity index (χ4v) is 2.97. The van der Waals surface area contributed by atoms with Crippen LogP contribution in [0.1, 0.15) is 6.92 Å². The molecule has 3 aromatic carbocycles. The first kappa shape index (κ1) is 19.7. The molecule has 0 aromatic heterocycles. The highest BCUT2D eigenvalue weighted by Crippen LogP contribution is 2.40. The van der Waals surface area contributed by atoms with Crippen LogP contribution in [0.4, 0.5) is 17.1 Å². The van der Waals surface area contributed by atoms with Gasteiger partial charge in [-0.1, -0.05) is 47.5 Å². The molecule has 0 radical (unpaired) electrons. The zero-order chi connectivity index (χ0) is 20.3. The van der Waals surface area contributed by atoms with E-state index in [1.54, 1.807) is 36.4 Å². The number of para-hydroxylation sites is 1. The number of nitro benzene ring substituents is 1. The lowest BCUT2D eigenvalue weighted by atomic mass is 10.2. The molecule has 0 aliphatic rings. The van der Waals surface area contributed by atoms with Crippen LogP contribution in [0.3, 0.4) is 0 Å². The number of anilines is 2. The van der Waals surface area contributed by atoms with Crippen molar-refractivity contribution in [1.82, 2.24) is 0 Å². The summed E-state index contributed by atoms with van der Waals surface area (Å²) in [5.41, 5.74) is 0.0742. The van der Waals surface area contributed by atoms with Crippen LogP contribution in [-0.2, 0) is 4.79 Å². The molecule has 0 saturated carbocycles. The molecule has 0 spiro atoms. The van der Waals surface area contributed by atoms with Crippen molar-refractivity contribution in [2.45, 2.75) is 6.92 Å². The van der Waals surface area contributed by atoms with Gasteiger partial charge in [0.1, 0.15) is 17.2 Å². The summed E-state index contributed by atoms with van der Waals surface area (Å²) in [5, 5.41) is 11.6. The van der Waals surface area contributed by atoms with Gasteiger partial charge in [0.2, 0.25) is 5.91 Å². The molecule has 0 heterocycles. The Morgan fingerprint density at radius 3 is 2.25 bits per heavy atom. The molecular formula is C20H14Cl2N2O4. The molecule has 3 rings (SSSR count). The molecule has 28 heavy (non-hydrogen) atoms. The predicted octanol–water partition coefficient (Wildman–Crippen LogP) is 6.38. The average molecular weight is 417 g/mol. The first-order chi connectivity index (χ1) is 13.4. The Kier molecular flexibility index (Phi) is 5.82. The Balaban J connectivity index is 2.07. The summed E-state index contributed by atoms with van der Waals surface area (Å²) in [4.78, 5) is 24.4. The van der Waals surface area contributed by atoms with E-state index in [0.29, 0.717) is 17.2 Å². The number of benzene rings is 3. The number of hydrogen-bond donors (Lipinski definition) is 0. The van der Waals surface area contributed by atoms with E-state index in [0.717, 1.165) is 6.07 Å². The molecule has 0 fully saturated rings. The van der Waals surface area contributed by atoms with Crippen LogP contribution in [0, 0.1) is 10.1 Å². The first-order valence-electron chi connectivity index (χ1n) is 8.14. The highest BCUT2D eigenvalue weighted by molar-refractivity contribution is 6.42. The minimum Gasteiger partial charge on any atom is -0.457 e. The topological polar surface area (TPSA) is 72.7 Å². The van der Waals surface area contributed by atoms with Crippen LogP contribution in [0.5, 0.6) is 11.5 Å². The van der Waals surface area contributed by atoms with Crippen LogP contribution < -0.4 is 9.64 Å². The fourth-order valence-electron chi connectivity index (χ4n) is 2.65. The maximum Gasteiger partial charge on any atom is 0.294 e. The van der Waals surface area contributed by atoms with Crippen LogP contribution in [-0.4, -0.2) is 10.8 Å². The number of carbonyl (C=O) groups is 1. The second kappa shape index (κ2) is 8.29. The van der Waals surface area contributed by atoms with E-state index in [4.69, 9.17) is 27.9 Å². The van der Waals surface area contributed by atoms with Crippen molar-refractivity contribution in [3.63, 3.8) is 0 Å². The van der Waals surface area contributed by atoms with E-state index in [-0.39, 0.29) is 21.4 Å². The molecular weight excluding hydrogens is 403 g/mol. The Morgan fingerprint density at radius 2 is 1.61 bits per heavy atom. The molecule has 8 heteroatoms. The summed E-state index contributed by atoms with van der Waals surface area (Å²) < 4.78 is 5.79. The number of ether oxygens (including phenoxy) is 1. The third kappa shape index (κ3) is 4.24. The molecule has 0 aliphatic carbocycles.